The Morgan fingerprint density at radius 2 is 1.68 bits per heavy atom. The molecule has 1 aliphatic heterocycles. The highest BCUT2D eigenvalue weighted by Crippen LogP contribution is 2.41. The van der Waals surface area contributed by atoms with Gasteiger partial charge < -0.3 is 5.32 Å². The van der Waals surface area contributed by atoms with Gasteiger partial charge in [0.05, 0.1) is 0 Å². The monoisotopic (exact) mass is 449 g/mol. The number of nitrogens with one attached hydrogen (secondary N) is 1. The van der Waals surface area contributed by atoms with Crippen molar-refractivity contribution in [1.29, 1.82) is 0 Å². The summed E-state index contributed by atoms with van der Waals surface area (Å²) in [5.41, 5.74) is -3.07. The van der Waals surface area contributed by atoms with Gasteiger partial charge in [-0.05, 0) is 37.1 Å². The minimum atomic E-state index is -5.14. The highest BCUT2D eigenvalue weighted by molar-refractivity contribution is 6.30. The Balaban J connectivity index is 1.80. The van der Waals surface area contributed by atoms with E-state index in [1.807, 2.05) is 5.32 Å². The van der Waals surface area contributed by atoms with Crippen LogP contribution in [0.25, 0.3) is 0 Å². The fourth-order valence-electron chi connectivity index (χ4n) is 4.00. The number of carbonyl (C=O) groups is 2. The third-order valence-corrected chi connectivity index (χ3v) is 5.81. The molecule has 9 heteroatoms. The molecule has 162 valence electrons. The van der Waals surface area contributed by atoms with Crippen LogP contribution >= 0.6 is 11.6 Å². The Morgan fingerprint density at radius 3 is 2.26 bits per heavy atom. The summed E-state index contributed by atoms with van der Waals surface area (Å²) < 4.78 is 43.1. The number of nitrogens with zero attached hydrogens (tertiary/aromatic N) is 2. The molecule has 1 heterocycles. The molecular formula is C22H19ClF3N3O2. The highest BCUT2D eigenvalue weighted by Gasteiger charge is 2.68. The number of hydrogen-bond donors (Lipinski definition) is 1. The lowest BCUT2D eigenvalue weighted by Gasteiger charge is -2.31. The van der Waals surface area contributed by atoms with Gasteiger partial charge in [-0.1, -0.05) is 54.8 Å². The average molecular weight is 450 g/mol. The zero-order valence-corrected chi connectivity index (χ0v) is 17.1. The van der Waals surface area contributed by atoms with E-state index >= 15 is 0 Å². The Morgan fingerprint density at radius 1 is 1.06 bits per heavy atom. The predicted octanol–water partition coefficient (Wildman–Crippen LogP) is 4.56. The molecule has 1 fully saturated rings. The fraction of sp³-hybridized carbons (Fsp3) is 0.318. The first-order valence-electron chi connectivity index (χ1n) is 9.87. The fourth-order valence-corrected chi connectivity index (χ4v) is 4.12. The third kappa shape index (κ3) is 3.80. The van der Waals surface area contributed by atoms with Gasteiger partial charge in [-0.2, -0.15) is 13.2 Å². The van der Waals surface area contributed by atoms with Crippen LogP contribution in [0, 0.1) is 0 Å². The Bertz CT molecular complexity index is 1020. The number of aliphatic imine (C=N–C) groups is 1. The zero-order chi connectivity index (χ0) is 22.2. The van der Waals surface area contributed by atoms with Gasteiger partial charge >= 0.3 is 11.8 Å². The molecule has 0 aromatic heterocycles. The molecule has 1 N–H and O–H groups in total. The van der Waals surface area contributed by atoms with Crippen molar-refractivity contribution >= 4 is 29.3 Å². The molecule has 2 aromatic rings. The molecule has 1 saturated carbocycles. The molecule has 31 heavy (non-hydrogen) atoms. The second kappa shape index (κ2) is 8.00. The van der Waals surface area contributed by atoms with E-state index in [2.05, 4.69) is 4.99 Å². The molecule has 1 unspecified atom stereocenters. The van der Waals surface area contributed by atoms with Gasteiger partial charge in [-0.3, -0.25) is 14.5 Å². The molecule has 4 rings (SSSR count). The van der Waals surface area contributed by atoms with Gasteiger partial charge in [0.15, 0.2) is 0 Å². The number of halogens is 4. The van der Waals surface area contributed by atoms with Crippen LogP contribution in [0.1, 0.15) is 41.6 Å². The lowest BCUT2D eigenvalue weighted by atomic mass is 10.1. The summed E-state index contributed by atoms with van der Waals surface area (Å²) in [6.45, 7) is 0. The first-order chi connectivity index (χ1) is 14.7. The normalized spacial score (nSPS) is 22.0. The lowest BCUT2D eigenvalue weighted by molar-refractivity contribution is -0.196. The molecule has 5 nitrogen and oxygen atoms in total. The van der Waals surface area contributed by atoms with Crippen molar-refractivity contribution in [3.63, 3.8) is 0 Å². The van der Waals surface area contributed by atoms with Gasteiger partial charge in [0.25, 0.3) is 11.8 Å². The molecule has 1 aliphatic carbocycles. The first-order valence-corrected chi connectivity index (χ1v) is 10.2. The summed E-state index contributed by atoms with van der Waals surface area (Å²) in [5, 5.41) is 2.21. The number of amidine groups is 1. The number of amides is 2. The van der Waals surface area contributed by atoms with Gasteiger partial charge in [-0.25, -0.2) is 4.99 Å². The van der Waals surface area contributed by atoms with Crippen molar-refractivity contribution in [3.05, 3.63) is 70.7 Å². The molecule has 1 atom stereocenters. The maximum Gasteiger partial charge on any atom is 0.442 e. The molecule has 2 amide bonds. The SMILES string of the molecule is O=C(NC1(C(F)(F)F)N=C(c2ccccc2)N(C2CCCC2)C1=O)c1ccc(Cl)cc1. The van der Waals surface area contributed by atoms with Crippen LogP contribution < -0.4 is 5.32 Å². The number of rotatable bonds is 4. The van der Waals surface area contributed by atoms with Crippen molar-refractivity contribution in [1.82, 2.24) is 10.2 Å². The topological polar surface area (TPSA) is 61.8 Å². The third-order valence-electron chi connectivity index (χ3n) is 5.56. The maximum atomic E-state index is 14.4. The van der Waals surface area contributed by atoms with E-state index in [0.29, 0.717) is 23.4 Å². The summed E-state index contributed by atoms with van der Waals surface area (Å²) in [5.74, 6) is -2.42. The van der Waals surface area contributed by atoms with Crippen molar-refractivity contribution in [2.45, 2.75) is 43.6 Å². The largest absolute Gasteiger partial charge is 0.442 e. The lowest BCUT2D eigenvalue weighted by Crippen LogP contribution is -2.64. The maximum absolute atomic E-state index is 14.4. The standard InChI is InChI=1S/C22H19ClF3N3O2/c23-16-12-10-15(11-13-16)19(30)28-21(22(24,25)26)20(31)29(17-8-4-5-9-17)18(27-21)14-6-2-1-3-7-14/h1-3,6-7,10-13,17H,4-5,8-9H2,(H,28,30). The summed E-state index contributed by atoms with van der Waals surface area (Å²) >= 11 is 5.79. The molecule has 2 aromatic carbocycles. The summed E-state index contributed by atoms with van der Waals surface area (Å²) in [7, 11) is 0. The van der Waals surface area contributed by atoms with E-state index in [1.54, 1.807) is 30.3 Å². The van der Waals surface area contributed by atoms with Crippen molar-refractivity contribution in [2.24, 2.45) is 4.99 Å². The van der Waals surface area contributed by atoms with Crippen molar-refractivity contribution in [2.75, 3.05) is 0 Å². The Kier molecular flexibility index (Phi) is 5.51. The summed E-state index contributed by atoms with van der Waals surface area (Å²) in [6, 6.07) is 13.2. The molecule has 0 saturated heterocycles. The van der Waals surface area contributed by atoms with Crippen molar-refractivity contribution in [3.8, 4) is 0 Å². The van der Waals surface area contributed by atoms with E-state index < -0.39 is 29.7 Å². The number of carbonyl (C=O) groups excluding carboxylic acids is 2. The van der Waals surface area contributed by atoms with Gasteiger partial charge in [0.1, 0.15) is 5.84 Å². The molecule has 0 radical (unpaired) electrons. The van der Waals surface area contributed by atoms with Gasteiger partial charge in [-0.15, -0.1) is 0 Å². The van der Waals surface area contributed by atoms with E-state index in [9.17, 15) is 22.8 Å². The van der Waals surface area contributed by atoms with Gasteiger partial charge in [0, 0.05) is 22.2 Å². The second-order valence-electron chi connectivity index (χ2n) is 7.58. The van der Waals surface area contributed by atoms with Crippen LogP contribution in [-0.2, 0) is 4.79 Å². The molecule has 0 bridgehead atoms. The minimum absolute atomic E-state index is 0.0587. The second-order valence-corrected chi connectivity index (χ2v) is 8.02. The smallest absolute Gasteiger partial charge is 0.312 e. The van der Waals surface area contributed by atoms with Gasteiger partial charge in [0.2, 0.25) is 0 Å². The minimum Gasteiger partial charge on any atom is -0.312 e. The van der Waals surface area contributed by atoms with E-state index in [0.717, 1.165) is 17.7 Å². The number of hydrogen-bond acceptors (Lipinski definition) is 3. The molecule has 2 aliphatic rings. The first kappa shape index (κ1) is 21.4. The number of benzene rings is 2. The van der Waals surface area contributed by atoms with Crippen LogP contribution in [0.4, 0.5) is 13.2 Å². The van der Waals surface area contributed by atoms with Crippen LogP contribution in [0.15, 0.2) is 59.6 Å². The predicted molar refractivity (Wildman–Crippen MR) is 110 cm³/mol. The summed E-state index contributed by atoms with van der Waals surface area (Å²) in [4.78, 5) is 31.0. The molecular weight excluding hydrogens is 431 g/mol. The number of alkyl halides is 3. The van der Waals surface area contributed by atoms with Crippen molar-refractivity contribution < 1.29 is 22.8 Å². The average Bonchev–Trinajstić information content (AvgIpc) is 3.36. The quantitative estimate of drug-likeness (QED) is 0.743. The van der Waals surface area contributed by atoms with Crippen LogP contribution in [0.5, 0.6) is 0 Å². The van der Waals surface area contributed by atoms with Crippen LogP contribution in [-0.4, -0.2) is 40.4 Å². The Hall–Kier alpha value is -2.87. The Labute approximate surface area is 181 Å². The van der Waals surface area contributed by atoms with E-state index in [4.69, 9.17) is 11.6 Å². The highest BCUT2D eigenvalue weighted by atomic mass is 35.5. The zero-order valence-electron chi connectivity index (χ0n) is 16.3. The van der Waals surface area contributed by atoms with Crippen LogP contribution in [0.2, 0.25) is 5.02 Å². The summed E-state index contributed by atoms with van der Waals surface area (Å²) in [6.07, 6.45) is -2.35. The van der Waals surface area contributed by atoms with Crippen LogP contribution in [0.3, 0.4) is 0 Å². The van der Waals surface area contributed by atoms with E-state index in [-0.39, 0.29) is 11.4 Å². The van der Waals surface area contributed by atoms with E-state index in [1.165, 1.54) is 24.3 Å². The molecule has 0 spiro atoms.